The van der Waals surface area contributed by atoms with Crippen LogP contribution in [0, 0.1) is 0 Å². The Hall–Kier alpha value is -1.86. The second kappa shape index (κ2) is 17.6. The molecular formula is C28H40F2O4. The minimum atomic E-state index is -1.44. The standard InChI is InChI=1S/C28H40F2O4/c1-3-26(34-28(30)21-31-19-17-24-12-6-4-7-13-24)16-10-11-23(2)33-22-27(29)32-20-18-25-14-8-5-9-15-25/h4-9,12-15,23,26-28H,3,10-11,16-22H2,1-2H3. The molecule has 0 saturated carbocycles. The molecule has 0 bridgehead atoms. The molecule has 4 atom stereocenters. The van der Waals surface area contributed by atoms with Gasteiger partial charge in [0.15, 0.2) is 0 Å². The molecule has 2 aromatic rings. The molecule has 0 radical (unpaired) electrons. The van der Waals surface area contributed by atoms with Crippen molar-refractivity contribution in [1.29, 1.82) is 0 Å². The van der Waals surface area contributed by atoms with E-state index in [0.29, 0.717) is 19.6 Å². The molecule has 190 valence electrons. The number of alkyl halides is 2. The molecule has 0 amide bonds. The SMILES string of the molecule is CCC(CCCC(C)OCC(F)OCCc1ccccc1)OC(F)COCCc1ccccc1. The first-order valence-electron chi connectivity index (χ1n) is 12.4. The highest BCUT2D eigenvalue weighted by Gasteiger charge is 2.16. The summed E-state index contributed by atoms with van der Waals surface area (Å²) in [5.41, 5.74) is 2.28. The summed E-state index contributed by atoms with van der Waals surface area (Å²) in [4.78, 5) is 0. The number of hydrogen-bond acceptors (Lipinski definition) is 4. The number of rotatable bonds is 19. The van der Waals surface area contributed by atoms with E-state index in [9.17, 15) is 8.78 Å². The van der Waals surface area contributed by atoms with Crippen LogP contribution in [0.2, 0.25) is 0 Å². The molecule has 34 heavy (non-hydrogen) atoms. The third kappa shape index (κ3) is 13.1. The lowest BCUT2D eigenvalue weighted by Gasteiger charge is -2.20. The van der Waals surface area contributed by atoms with Crippen LogP contribution in [0.3, 0.4) is 0 Å². The monoisotopic (exact) mass is 478 g/mol. The summed E-state index contributed by atoms with van der Waals surface area (Å²) in [6, 6.07) is 19.8. The zero-order chi connectivity index (χ0) is 24.4. The first kappa shape index (κ1) is 28.4. The van der Waals surface area contributed by atoms with Crippen LogP contribution in [0.15, 0.2) is 60.7 Å². The molecule has 0 aliphatic heterocycles. The van der Waals surface area contributed by atoms with Crippen LogP contribution in [-0.2, 0) is 31.8 Å². The van der Waals surface area contributed by atoms with Gasteiger partial charge in [0.1, 0.15) is 13.2 Å². The van der Waals surface area contributed by atoms with E-state index in [1.165, 1.54) is 5.56 Å². The molecule has 4 nitrogen and oxygen atoms in total. The van der Waals surface area contributed by atoms with Crippen LogP contribution in [0.1, 0.15) is 50.7 Å². The molecule has 0 aliphatic carbocycles. The summed E-state index contributed by atoms with van der Waals surface area (Å²) < 4.78 is 49.8. The van der Waals surface area contributed by atoms with Crippen LogP contribution in [0.5, 0.6) is 0 Å². The summed E-state index contributed by atoms with van der Waals surface area (Å²) in [6.45, 7) is 4.52. The fourth-order valence-corrected chi connectivity index (χ4v) is 3.58. The largest absolute Gasteiger partial charge is 0.376 e. The van der Waals surface area contributed by atoms with Crippen LogP contribution in [0.4, 0.5) is 8.78 Å². The van der Waals surface area contributed by atoms with Crippen LogP contribution in [-0.4, -0.2) is 51.4 Å². The minimum Gasteiger partial charge on any atom is -0.376 e. The Morgan fingerprint density at radius 2 is 1.35 bits per heavy atom. The van der Waals surface area contributed by atoms with Gasteiger partial charge in [-0.05, 0) is 56.6 Å². The highest BCUT2D eigenvalue weighted by molar-refractivity contribution is 5.15. The molecule has 2 rings (SSSR count). The molecule has 4 unspecified atom stereocenters. The fourth-order valence-electron chi connectivity index (χ4n) is 3.58. The second-order valence-corrected chi connectivity index (χ2v) is 8.48. The molecule has 0 aromatic heterocycles. The molecule has 6 heteroatoms. The van der Waals surface area contributed by atoms with Crippen molar-refractivity contribution in [3.8, 4) is 0 Å². The van der Waals surface area contributed by atoms with Gasteiger partial charge in [0.05, 0.1) is 25.4 Å². The van der Waals surface area contributed by atoms with Gasteiger partial charge < -0.3 is 18.9 Å². The van der Waals surface area contributed by atoms with E-state index in [1.807, 2.05) is 74.5 Å². The summed E-state index contributed by atoms with van der Waals surface area (Å²) in [7, 11) is 0. The predicted octanol–water partition coefficient (Wildman–Crippen LogP) is 6.47. The third-order valence-electron chi connectivity index (χ3n) is 5.60. The summed E-state index contributed by atoms with van der Waals surface area (Å²) in [6.07, 6.45) is 1.29. The van der Waals surface area contributed by atoms with Crippen LogP contribution < -0.4 is 0 Å². The number of hydrogen-bond donors (Lipinski definition) is 0. The number of halogens is 2. The minimum absolute atomic E-state index is 0.0645. The number of benzene rings is 2. The Morgan fingerprint density at radius 3 is 1.97 bits per heavy atom. The second-order valence-electron chi connectivity index (χ2n) is 8.48. The highest BCUT2D eigenvalue weighted by Crippen LogP contribution is 2.15. The van der Waals surface area contributed by atoms with E-state index in [1.54, 1.807) is 0 Å². The van der Waals surface area contributed by atoms with Gasteiger partial charge in [0.2, 0.25) is 12.7 Å². The Labute approximate surface area is 203 Å². The molecule has 0 N–H and O–H groups in total. The number of ether oxygens (including phenoxy) is 4. The van der Waals surface area contributed by atoms with E-state index >= 15 is 0 Å². The van der Waals surface area contributed by atoms with E-state index in [-0.39, 0.29) is 25.4 Å². The topological polar surface area (TPSA) is 36.9 Å². The maximum atomic E-state index is 14.1. The predicted molar refractivity (Wildman–Crippen MR) is 131 cm³/mol. The van der Waals surface area contributed by atoms with Gasteiger partial charge in [-0.3, -0.25) is 0 Å². The Bertz CT molecular complexity index is 732. The van der Waals surface area contributed by atoms with Gasteiger partial charge in [-0.2, -0.15) is 0 Å². The zero-order valence-electron chi connectivity index (χ0n) is 20.5. The van der Waals surface area contributed by atoms with Gasteiger partial charge in [0.25, 0.3) is 0 Å². The van der Waals surface area contributed by atoms with Crippen molar-refractivity contribution in [2.75, 3.05) is 26.4 Å². The summed E-state index contributed by atoms with van der Waals surface area (Å²) in [5, 5.41) is 0. The van der Waals surface area contributed by atoms with E-state index in [0.717, 1.165) is 37.7 Å². The van der Waals surface area contributed by atoms with Crippen molar-refractivity contribution in [3.63, 3.8) is 0 Å². The van der Waals surface area contributed by atoms with Crippen molar-refractivity contribution in [1.82, 2.24) is 0 Å². The summed E-state index contributed by atoms with van der Waals surface area (Å²) >= 11 is 0. The lowest BCUT2D eigenvalue weighted by molar-refractivity contribution is -0.126. The molecular weight excluding hydrogens is 438 g/mol. The average Bonchev–Trinajstić information content (AvgIpc) is 2.86. The lowest BCUT2D eigenvalue weighted by atomic mass is 10.1. The average molecular weight is 479 g/mol. The van der Waals surface area contributed by atoms with Gasteiger partial charge in [-0.1, -0.05) is 67.6 Å². The lowest BCUT2D eigenvalue weighted by Crippen LogP contribution is -2.24. The molecule has 0 spiro atoms. The van der Waals surface area contributed by atoms with Crippen LogP contribution in [0.25, 0.3) is 0 Å². The van der Waals surface area contributed by atoms with Gasteiger partial charge >= 0.3 is 0 Å². The quantitative estimate of drug-likeness (QED) is 0.217. The van der Waals surface area contributed by atoms with Crippen LogP contribution >= 0.6 is 0 Å². The molecule has 0 saturated heterocycles. The van der Waals surface area contributed by atoms with Crippen molar-refractivity contribution >= 4 is 0 Å². The maximum Gasteiger partial charge on any atom is 0.222 e. The molecule has 0 fully saturated rings. The smallest absolute Gasteiger partial charge is 0.222 e. The summed E-state index contributed by atoms with van der Waals surface area (Å²) in [5.74, 6) is 0. The van der Waals surface area contributed by atoms with Crippen molar-refractivity contribution in [3.05, 3.63) is 71.8 Å². The van der Waals surface area contributed by atoms with Crippen molar-refractivity contribution in [2.24, 2.45) is 0 Å². The van der Waals surface area contributed by atoms with E-state index in [4.69, 9.17) is 18.9 Å². The zero-order valence-corrected chi connectivity index (χ0v) is 20.5. The van der Waals surface area contributed by atoms with Gasteiger partial charge in [0, 0.05) is 0 Å². The van der Waals surface area contributed by atoms with Crippen molar-refractivity contribution in [2.45, 2.75) is 77.3 Å². The molecule has 2 aromatic carbocycles. The normalized spacial score (nSPS) is 15.1. The third-order valence-corrected chi connectivity index (χ3v) is 5.60. The Kier molecular flexibility index (Phi) is 14.7. The van der Waals surface area contributed by atoms with Gasteiger partial charge in [-0.25, -0.2) is 8.78 Å². The first-order valence-corrected chi connectivity index (χ1v) is 12.4. The Morgan fingerprint density at radius 1 is 0.735 bits per heavy atom. The van der Waals surface area contributed by atoms with Gasteiger partial charge in [-0.15, -0.1) is 0 Å². The Balaban J connectivity index is 1.49. The first-order chi connectivity index (χ1) is 16.6. The van der Waals surface area contributed by atoms with E-state index < -0.39 is 12.7 Å². The van der Waals surface area contributed by atoms with E-state index in [2.05, 4.69) is 0 Å². The highest BCUT2D eigenvalue weighted by atomic mass is 19.1. The molecule has 0 heterocycles. The maximum absolute atomic E-state index is 14.1. The fraction of sp³-hybridized carbons (Fsp3) is 0.571. The molecule has 0 aliphatic rings. The van der Waals surface area contributed by atoms with Crippen molar-refractivity contribution < 1.29 is 27.7 Å².